The molecular weight excluding hydrogens is 444 g/mol. The maximum absolute atomic E-state index is 12.3. The highest BCUT2D eigenvalue weighted by Gasteiger charge is 2.23. The van der Waals surface area contributed by atoms with Gasteiger partial charge in [0.25, 0.3) is 0 Å². The molecule has 0 unspecified atom stereocenters. The van der Waals surface area contributed by atoms with E-state index >= 15 is 0 Å². The summed E-state index contributed by atoms with van der Waals surface area (Å²) in [4.78, 5) is 12.2. The number of rotatable bonds is 5. The van der Waals surface area contributed by atoms with Crippen molar-refractivity contribution in [1.29, 1.82) is 0 Å². The van der Waals surface area contributed by atoms with Gasteiger partial charge in [-0.1, -0.05) is 6.07 Å². The molecule has 0 radical (unpaired) electrons. The number of hydrogen-bond acceptors (Lipinski definition) is 5. The fraction of sp³-hybridized carbons (Fsp3) is 0.154. The maximum atomic E-state index is 12.3. The van der Waals surface area contributed by atoms with Gasteiger partial charge < -0.3 is 4.74 Å². The van der Waals surface area contributed by atoms with Gasteiger partial charge in [-0.25, -0.2) is 8.42 Å². The zero-order chi connectivity index (χ0) is 15.6. The standard InChI is InChI=1S/C13H10Br2O4S2/c1-19-8-3-2-4-9(5-8)21(17,18)7-11(16)10-6-12(14)20-13(10)15/h2-6H,7H2,1H3. The molecule has 0 atom stereocenters. The van der Waals surface area contributed by atoms with Gasteiger partial charge in [-0.15, -0.1) is 11.3 Å². The van der Waals surface area contributed by atoms with E-state index in [2.05, 4.69) is 31.9 Å². The van der Waals surface area contributed by atoms with Gasteiger partial charge in [0.05, 0.1) is 19.6 Å². The number of ether oxygens (including phenoxy) is 1. The van der Waals surface area contributed by atoms with Gasteiger partial charge in [0.15, 0.2) is 15.6 Å². The molecule has 2 rings (SSSR count). The van der Waals surface area contributed by atoms with Gasteiger partial charge >= 0.3 is 0 Å². The fourth-order valence-corrected chi connectivity index (χ4v) is 5.76. The SMILES string of the molecule is COc1cccc(S(=O)(=O)CC(=O)c2cc(Br)sc2Br)c1. The number of hydrogen-bond donors (Lipinski definition) is 0. The molecule has 0 spiro atoms. The highest BCUT2D eigenvalue weighted by Crippen LogP contribution is 2.32. The molecule has 8 heteroatoms. The first-order valence-electron chi connectivity index (χ1n) is 5.68. The van der Waals surface area contributed by atoms with Crippen molar-refractivity contribution >= 4 is 58.8 Å². The van der Waals surface area contributed by atoms with Crippen LogP contribution in [0.2, 0.25) is 0 Å². The lowest BCUT2D eigenvalue weighted by molar-refractivity contribution is 0.102. The normalized spacial score (nSPS) is 11.4. The van der Waals surface area contributed by atoms with Gasteiger partial charge in [0.1, 0.15) is 11.5 Å². The summed E-state index contributed by atoms with van der Waals surface area (Å²) in [7, 11) is -2.25. The van der Waals surface area contributed by atoms with Crippen LogP contribution in [0.3, 0.4) is 0 Å². The number of halogens is 2. The van der Waals surface area contributed by atoms with Crippen molar-refractivity contribution in [3.05, 3.63) is 43.5 Å². The molecule has 0 fully saturated rings. The Hall–Kier alpha value is -0.700. The van der Waals surface area contributed by atoms with Crippen molar-refractivity contribution in [3.63, 3.8) is 0 Å². The van der Waals surface area contributed by atoms with Crippen LogP contribution in [-0.2, 0) is 9.84 Å². The first-order valence-corrected chi connectivity index (χ1v) is 9.74. The van der Waals surface area contributed by atoms with Crippen molar-refractivity contribution in [1.82, 2.24) is 0 Å². The van der Waals surface area contributed by atoms with Crippen molar-refractivity contribution in [2.45, 2.75) is 4.90 Å². The van der Waals surface area contributed by atoms with Crippen LogP contribution in [0.1, 0.15) is 10.4 Å². The van der Waals surface area contributed by atoms with E-state index in [-0.39, 0.29) is 4.90 Å². The number of ketones is 1. The summed E-state index contributed by atoms with van der Waals surface area (Å²) >= 11 is 7.85. The lowest BCUT2D eigenvalue weighted by Crippen LogP contribution is -2.16. The van der Waals surface area contributed by atoms with E-state index in [1.807, 2.05) is 0 Å². The Bertz CT molecular complexity index is 781. The Kier molecular flexibility index (Phi) is 5.24. The molecule has 1 aromatic carbocycles. The van der Waals surface area contributed by atoms with Crippen LogP contribution in [-0.4, -0.2) is 27.1 Å². The predicted octanol–water partition coefficient (Wildman–Crippen LogP) is 3.94. The number of carbonyl (C=O) groups excluding carboxylic acids is 1. The van der Waals surface area contributed by atoms with E-state index in [0.717, 1.165) is 3.79 Å². The van der Waals surface area contributed by atoms with Crippen LogP contribution < -0.4 is 4.74 Å². The second kappa shape index (κ2) is 6.60. The number of carbonyl (C=O) groups is 1. The van der Waals surface area contributed by atoms with Crippen molar-refractivity contribution in [3.8, 4) is 5.75 Å². The largest absolute Gasteiger partial charge is 0.497 e. The molecular formula is C13H10Br2O4S2. The molecule has 0 saturated heterocycles. The van der Waals surface area contributed by atoms with E-state index in [1.54, 1.807) is 18.2 Å². The summed E-state index contributed by atoms with van der Waals surface area (Å²) < 4.78 is 31.0. The first-order chi connectivity index (χ1) is 9.83. The zero-order valence-corrected chi connectivity index (χ0v) is 15.6. The van der Waals surface area contributed by atoms with E-state index < -0.39 is 21.4 Å². The van der Waals surface area contributed by atoms with Crippen molar-refractivity contribution in [2.24, 2.45) is 0 Å². The second-order valence-corrected chi connectivity index (χ2v) is 9.84. The van der Waals surface area contributed by atoms with Crippen LogP contribution in [0.25, 0.3) is 0 Å². The molecule has 0 saturated carbocycles. The van der Waals surface area contributed by atoms with Crippen LogP contribution in [0, 0.1) is 0 Å². The lowest BCUT2D eigenvalue weighted by atomic mass is 10.2. The topological polar surface area (TPSA) is 60.4 Å². The monoisotopic (exact) mass is 452 g/mol. The smallest absolute Gasteiger partial charge is 0.185 e. The van der Waals surface area contributed by atoms with E-state index in [4.69, 9.17) is 4.74 Å². The molecule has 0 aliphatic heterocycles. The highest BCUT2D eigenvalue weighted by atomic mass is 79.9. The third-order valence-electron chi connectivity index (χ3n) is 2.68. The molecule has 0 amide bonds. The van der Waals surface area contributed by atoms with Crippen molar-refractivity contribution < 1.29 is 17.9 Å². The second-order valence-electron chi connectivity index (χ2n) is 4.10. The highest BCUT2D eigenvalue weighted by molar-refractivity contribution is 9.12. The number of benzene rings is 1. The summed E-state index contributed by atoms with van der Waals surface area (Å²) in [5.41, 5.74) is 0.360. The van der Waals surface area contributed by atoms with E-state index in [0.29, 0.717) is 15.1 Å². The van der Waals surface area contributed by atoms with Crippen LogP contribution in [0.4, 0.5) is 0 Å². The van der Waals surface area contributed by atoms with E-state index in [9.17, 15) is 13.2 Å². The summed E-state index contributed by atoms with van der Waals surface area (Å²) in [6, 6.07) is 7.68. The summed E-state index contributed by atoms with van der Waals surface area (Å²) in [6.45, 7) is 0. The van der Waals surface area contributed by atoms with Gasteiger partial charge in [-0.05, 0) is 56.1 Å². The average Bonchev–Trinajstić information content (AvgIpc) is 2.77. The summed E-state index contributed by atoms with van der Waals surface area (Å²) in [5, 5.41) is 0. The first kappa shape index (κ1) is 16.7. The Morgan fingerprint density at radius 1 is 1.29 bits per heavy atom. The minimum atomic E-state index is -3.71. The molecule has 0 aliphatic carbocycles. The lowest BCUT2D eigenvalue weighted by Gasteiger charge is -2.05. The van der Waals surface area contributed by atoms with Gasteiger partial charge in [0, 0.05) is 5.56 Å². The quantitative estimate of drug-likeness (QED) is 0.643. The molecule has 112 valence electrons. The van der Waals surface area contributed by atoms with Gasteiger partial charge in [0.2, 0.25) is 0 Å². The molecule has 0 N–H and O–H groups in total. The molecule has 2 aromatic rings. The average molecular weight is 454 g/mol. The third-order valence-corrected chi connectivity index (χ3v) is 6.63. The van der Waals surface area contributed by atoms with Crippen molar-refractivity contribution in [2.75, 3.05) is 12.9 Å². The van der Waals surface area contributed by atoms with E-state index in [1.165, 1.54) is 30.6 Å². The van der Waals surface area contributed by atoms with Gasteiger partial charge in [-0.2, -0.15) is 0 Å². The predicted molar refractivity (Wildman–Crippen MR) is 89.1 cm³/mol. The molecule has 21 heavy (non-hydrogen) atoms. The zero-order valence-electron chi connectivity index (χ0n) is 10.8. The van der Waals surface area contributed by atoms with Gasteiger partial charge in [-0.3, -0.25) is 4.79 Å². The third kappa shape index (κ3) is 3.94. The Balaban J connectivity index is 2.28. The number of sulfone groups is 1. The fourth-order valence-electron chi connectivity index (χ4n) is 1.66. The van der Waals surface area contributed by atoms with Crippen LogP contribution in [0.15, 0.2) is 42.8 Å². The maximum Gasteiger partial charge on any atom is 0.185 e. The van der Waals surface area contributed by atoms with Crippen LogP contribution in [0.5, 0.6) is 5.75 Å². The molecule has 0 bridgehead atoms. The number of thiophene rings is 1. The Morgan fingerprint density at radius 2 is 2.00 bits per heavy atom. The Labute approximate surface area is 143 Å². The molecule has 1 aromatic heterocycles. The summed E-state index contributed by atoms with van der Waals surface area (Å²) in [6.07, 6.45) is 0. The minimum absolute atomic E-state index is 0.0700. The summed E-state index contributed by atoms with van der Waals surface area (Å²) in [5.74, 6) is -0.600. The molecule has 0 aliphatic rings. The minimum Gasteiger partial charge on any atom is -0.497 e. The van der Waals surface area contributed by atoms with Crippen LogP contribution >= 0.6 is 43.2 Å². The Morgan fingerprint density at radius 3 is 2.57 bits per heavy atom. The molecule has 1 heterocycles. The molecule has 4 nitrogen and oxygen atoms in total. The number of methoxy groups -OCH3 is 1. The number of Topliss-reactive ketones (excluding diaryl/α,β-unsaturated/α-hetero) is 1.